The molecular formula is C77H103F6N9O4. The Balaban J connectivity index is 0.000000203. The van der Waals surface area contributed by atoms with Crippen molar-refractivity contribution in [3.05, 3.63) is 191 Å². The lowest BCUT2D eigenvalue weighted by molar-refractivity contribution is -0.274. The first kappa shape index (κ1) is 75.8. The number of carbonyl (C=O) groups excluding carboxylic acids is 3. The van der Waals surface area contributed by atoms with E-state index in [0.717, 1.165) is 133 Å². The average molecular weight is 1330 g/mol. The number of piperidine rings is 3. The van der Waals surface area contributed by atoms with Gasteiger partial charge in [0.25, 0.3) is 0 Å². The predicted molar refractivity (Wildman–Crippen MR) is 375 cm³/mol. The Hall–Kier alpha value is -7.61. The lowest BCUT2D eigenvalue weighted by atomic mass is 9.91. The van der Waals surface area contributed by atoms with Crippen molar-refractivity contribution in [2.45, 2.75) is 195 Å². The highest BCUT2D eigenvalue weighted by molar-refractivity contribution is 5.91. The molecule has 522 valence electrons. The van der Waals surface area contributed by atoms with Crippen LogP contribution in [0.4, 0.5) is 57.8 Å². The first-order valence-corrected chi connectivity index (χ1v) is 34.4. The largest absolute Gasteiger partial charge is 0.573 e. The summed E-state index contributed by atoms with van der Waals surface area (Å²) in [7, 11) is 0. The van der Waals surface area contributed by atoms with Crippen molar-refractivity contribution in [3.8, 4) is 5.75 Å². The number of likely N-dealkylation sites (tertiary alicyclic amines) is 3. The van der Waals surface area contributed by atoms with Crippen LogP contribution in [-0.4, -0.2) is 130 Å². The average Bonchev–Trinajstić information content (AvgIpc) is 0.865. The maximum atomic E-state index is 13.3. The fourth-order valence-electron chi connectivity index (χ4n) is 12.8. The highest BCUT2D eigenvalue weighted by Gasteiger charge is 2.35. The van der Waals surface area contributed by atoms with Crippen molar-refractivity contribution in [2.75, 3.05) is 61.8 Å². The van der Waals surface area contributed by atoms with Crippen LogP contribution in [0.2, 0.25) is 0 Å². The van der Waals surface area contributed by atoms with E-state index in [9.17, 15) is 40.7 Å². The van der Waals surface area contributed by atoms with Gasteiger partial charge in [-0.05, 0) is 180 Å². The Kier molecular flexibility index (Phi) is 28.9. The summed E-state index contributed by atoms with van der Waals surface area (Å²) in [6, 6.07) is 46.9. The Morgan fingerprint density at radius 2 is 0.875 bits per heavy atom. The van der Waals surface area contributed by atoms with Gasteiger partial charge in [0.05, 0.1) is 5.56 Å². The summed E-state index contributed by atoms with van der Waals surface area (Å²) in [4.78, 5) is 53.0. The second-order valence-electron chi connectivity index (χ2n) is 27.3. The number of anilines is 3. The van der Waals surface area contributed by atoms with E-state index in [1.165, 1.54) is 65.9 Å². The molecule has 2 atom stereocenters. The lowest BCUT2D eigenvalue weighted by Gasteiger charge is -2.40. The van der Waals surface area contributed by atoms with Gasteiger partial charge in [-0.15, -0.1) is 13.2 Å². The second-order valence-corrected chi connectivity index (χ2v) is 27.3. The number of amides is 6. The third kappa shape index (κ3) is 25.1. The summed E-state index contributed by atoms with van der Waals surface area (Å²) in [6.45, 7) is 28.3. The third-order valence-electron chi connectivity index (χ3n) is 18.6. The first-order chi connectivity index (χ1) is 45.7. The van der Waals surface area contributed by atoms with Gasteiger partial charge in [0.15, 0.2) is 0 Å². The molecule has 2 unspecified atom stereocenters. The van der Waals surface area contributed by atoms with Crippen LogP contribution in [-0.2, 0) is 25.8 Å². The number of aryl methyl sites for hydroxylation is 2. The minimum absolute atomic E-state index is 0.00200. The molecule has 0 radical (unpaired) electrons. The van der Waals surface area contributed by atoms with Gasteiger partial charge in [-0.3, -0.25) is 0 Å². The fourth-order valence-corrected chi connectivity index (χ4v) is 12.8. The van der Waals surface area contributed by atoms with E-state index in [-0.39, 0.29) is 53.1 Å². The molecule has 0 saturated carbocycles. The zero-order valence-corrected chi connectivity index (χ0v) is 57.8. The number of ether oxygens (including phenoxy) is 1. The smallest absolute Gasteiger partial charge is 0.406 e. The summed E-state index contributed by atoms with van der Waals surface area (Å²) in [6.07, 6.45) is 2.18. The molecule has 13 nitrogen and oxygen atoms in total. The number of hydrogen-bond acceptors (Lipinski definition) is 7. The minimum atomic E-state index is -4.75. The molecule has 3 fully saturated rings. The fraction of sp³-hybridized carbons (Fsp3) is 0.494. The van der Waals surface area contributed by atoms with Crippen molar-refractivity contribution in [1.29, 1.82) is 0 Å². The van der Waals surface area contributed by atoms with Crippen molar-refractivity contribution in [2.24, 2.45) is 5.41 Å². The number of urea groups is 3. The van der Waals surface area contributed by atoms with E-state index < -0.39 is 18.1 Å². The van der Waals surface area contributed by atoms with Gasteiger partial charge in [0.2, 0.25) is 0 Å². The van der Waals surface area contributed by atoms with Crippen LogP contribution in [0.1, 0.15) is 152 Å². The lowest BCUT2D eigenvalue weighted by Crippen LogP contribution is -2.50. The Labute approximate surface area is 566 Å². The summed E-state index contributed by atoms with van der Waals surface area (Å²) in [5.74, 6) is -0.324. The zero-order chi connectivity index (χ0) is 69.4. The standard InChI is InChI=1S/C26H34F3N3O.C26H37N3O.C25H32F3N3O2/c1-25(2,3)14-17-31-15-12-23(13-16-31)32(19-20-8-5-4-6-9-20)24(33)30-22-11-7-10-21(18-22)26(27,28)29;1-5-9-22(4)28-16-14-25(15-17-28)29(19-23-10-7-6-8-11-23)26(30)27-24-13-12-20(2)21(3)18-24;1-3-7-19(2)30-16-14-22(15-17-30)31(18-20-8-5-4-6-9-20)24(32)29-21-10-12-23(13-11-21)33-25(26,27)28/h4-11,18,23H,12-17,19H2,1-3H3,(H,30,33);6-8,10-13,18,22,25H,5,9,14-17,19H2,1-4H3,(H,27,30);4-6,8-13,19,22H,3,7,14-18H2,1-2H3,(H,29,32). The molecule has 9 rings (SSSR count). The van der Waals surface area contributed by atoms with Crippen LogP contribution in [0.3, 0.4) is 0 Å². The van der Waals surface area contributed by atoms with Crippen LogP contribution in [0.15, 0.2) is 158 Å². The van der Waals surface area contributed by atoms with Crippen LogP contribution >= 0.6 is 0 Å². The molecule has 3 saturated heterocycles. The second kappa shape index (κ2) is 36.7. The van der Waals surface area contributed by atoms with Gasteiger partial charge in [0.1, 0.15) is 5.75 Å². The molecule has 0 aliphatic carbocycles. The summed E-state index contributed by atoms with van der Waals surface area (Å²) in [5.41, 5.74) is 6.57. The van der Waals surface area contributed by atoms with Crippen LogP contribution in [0.25, 0.3) is 0 Å². The molecule has 6 amide bonds. The number of hydrogen-bond donors (Lipinski definition) is 3. The van der Waals surface area contributed by atoms with Crippen molar-refractivity contribution >= 4 is 35.2 Å². The van der Waals surface area contributed by atoms with Crippen LogP contribution < -0.4 is 20.7 Å². The highest BCUT2D eigenvalue weighted by atomic mass is 19.4. The SMILES string of the molecule is CC(C)(C)CCN1CCC(N(Cc2ccccc2)C(=O)Nc2cccc(C(F)(F)F)c2)CC1.CCCC(C)N1CCC(N(Cc2ccccc2)C(=O)Nc2ccc(C)c(C)c2)CC1.CCCC(C)N1CCC(N(Cc2ccccc2)C(=O)Nc2ccc(OC(F)(F)F)cc2)CC1. The van der Waals surface area contributed by atoms with Gasteiger partial charge in [0, 0.05) is 106 Å². The van der Waals surface area contributed by atoms with Crippen molar-refractivity contribution in [3.63, 3.8) is 0 Å². The monoisotopic (exact) mass is 1330 g/mol. The number of alkyl halides is 6. The Morgan fingerprint density at radius 3 is 1.25 bits per heavy atom. The van der Waals surface area contributed by atoms with Crippen molar-refractivity contribution in [1.82, 2.24) is 29.4 Å². The van der Waals surface area contributed by atoms with E-state index in [4.69, 9.17) is 0 Å². The molecule has 0 aromatic heterocycles. The van der Waals surface area contributed by atoms with Crippen molar-refractivity contribution < 1.29 is 45.5 Å². The van der Waals surface area contributed by atoms with E-state index >= 15 is 0 Å². The molecule has 96 heavy (non-hydrogen) atoms. The van der Waals surface area contributed by atoms with Gasteiger partial charge < -0.3 is 50.1 Å². The van der Waals surface area contributed by atoms with Gasteiger partial charge >= 0.3 is 30.6 Å². The number of halogens is 6. The number of nitrogens with zero attached hydrogens (tertiary/aromatic N) is 6. The molecular weight excluding hydrogens is 1230 g/mol. The molecule has 3 N–H and O–H groups in total. The Bertz CT molecular complexity index is 3280. The minimum Gasteiger partial charge on any atom is -0.406 e. The van der Waals surface area contributed by atoms with Crippen LogP contribution in [0.5, 0.6) is 5.75 Å². The first-order valence-electron chi connectivity index (χ1n) is 34.4. The maximum Gasteiger partial charge on any atom is 0.573 e. The van der Waals surface area contributed by atoms with E-state index in [2.05, 4.69) is 122 Å². The topological polar surface area (TPSA) is 116 Å². The normalized spacial score (nSPS) is 16.2. The highest BCUT2D eigenvalue weighted by Crippen LogP contribution is 2.33. The van der Waals surface area contributed by atoms with Gasteiger partial charge in [-0.25, -0.2) is 14.4 Å². The maximum absolute atomic E-state index is 13.3. The summed E-state index contributed by atoms with van der Waals surface area (Å²) < 4.78 is 80.3. The molecule has 6 aromatic rings. The Morgan fingerprint density at radius 1 is 0.490 bits per heavy atom. The molecule has 3 heterocycles. The summed E-state index contributed by atoms with van der Waals surface area (Å²) >= 11 is 0. The number of nitrogens with one attached hydrogen (secondary N) is 3. The molecule has 0 spiro atoms. The van der Waals surface area contributed by atoms with E-state index in [0.29, 0.717) is 37.4 Å². The number of benzene rings is 6. The number of carbonyl (C=O) groups is 3. The van der Waals surface area contributed by atoms with Gasteiger partial charge in [-0.1, -0.05) is 151 Å². The van der Waals surface area contributed by atoms with Gasteiger partial charge in [-0.2, -0.15) is 13.2 Å². The molecule has 6 aromatic carbocycles. The molecule has 0 bridgehead atoms. The predicted octanol–water partition coefficient (Wildman–Crippen LogP) is 18.9. The third-order valence-corrected chi connectivity index (χ3v) is 18.6. The molecule has 19 heteroatoms. The zero-order valence-electron chi connectivity index (χ0n) is 57.8. The van der Waals surface area contributed by atoms with E-state index in [1.54, 1.807) is 4.90 Å². The number of rotatable bonds is 21. The van der Waals surface area contributed by atoms with E-state index in [1.807, 2.05) is 94.7 Å². The quantitative estimate of drug-likeness (QED) is 0.0615. The van der Waals surface area contributed by atoms with Crippen LogP contribution in [0, 0.1) is 19.3 Å². The molecule has 3 aliphatic rings. The summed E-state index contributed by atoms with van der Waals surface area (Å²) in [5, 5.41) is 8.70. The molecule has 3 aliphatic heterocycles.